The third kappa shape index (κ3) is 3.48. The third-order valence-corrected chi connectivity index (χ3v) is 3.48. The Morgan fingerprint density at radius 3 is 2.53 bits per heavy atom. The van der Waals surface area contributed by atoms with Crippen LogP contribution in [0.1, 0.15) is 30.1 Å². The van der Waals surface area contributed by atoms with Gasteiger partial charge >= 0.3 is 6.18 Å². The lowest BCUT2D eigenvalue weighted by Crippen LogP contribution is -2.30. The van der Waals surface area contributed by atoms with E-state index in [0.717, 1.165) is 37.1 Å². The molecule has 106 valence electrons. The van der Waals surface area contributed by atoms with Crippen LogP contribution in [0.3, 0.4) is 0 Å². The van der Waals surface area contributed by atoms with Crippen molar-refractivity contribution in [2.75, 3.05) is 20.2 Å². The SMILES string of the molecule is CNCC1CCCOC1c1ccc(C(F)(F)F)cc1. The molecule has 1 aromatic rings. The van der Waals surface area contributed by atoms with Gasteiger partial charge in [-0.2, -0.15) is 13.2 Å². The van der Waals surface area contributed by atoms with E-state index >= 15 is 0 Å². The number of hydrogen-bond donors (Lipinski definition) is 1. The van der Waals surface area contributed by atoms with E-state index in [0.29, 0.717) is 12.5 Å². The highest BCUT2D eigenvalue weighted by Gasteiger charge is 2.31. The van der Waals surface area contributed by atoms with Crippen LogP contribution in [0, 0.1) is 5.92 Å². The van der Waals surface area contributed by atoms with Gasteiger partial charge in [-0.1, -0.05) is 12.1 Å². The molecule has 0 aromatic heterocycles. The fraction of sp³-hybridized carbons (Fsp3) is 0.571. The van der Waals surface area contributed by atoms with Crippen molar-refractivity contribution in [1.82, 2.24) is 5.32 Å². The molecule has 0 spiro atoms. The molecule has 19 heavy (non-hydrogen) atoms. The van der Waals surface area contributed by atoms with Crippen LogP contribution < -0.4 is 5.32 Å². The van der Waals surface area contributed by atoms with Crippen molar-refractivity contribution < 1.29 is 17.9 Å². The number of rotatable bonds is 3. The van der Waals surface area contributed by atoms with Crippen molar-refractivity contribution in [3.05, 3.63) is 35.4 Å². The van der Waals surface area contributed by atoms with E-state index in [4.69, 9.17) is 4.74 Å². The molecule has 5 heteroatoms. The van der Waals surface area contributed by atoms with Crippen LogP contribution in [0.5, 0.6) is 0 Å². The third-order valence-electron chi connectivity index (χ3n) is 3.48. The van der Waals surface area contributed by atoms with Crippen molar-refractivity contribution in [1.29, 1.82) is 0 Å². The summed E-state index contributed by atoms with van der Waals surface area (Å²) < 4.78 is 43.3. The number of hydrogen-bond acceptors (Lipinski definition) is 2. The van der Waals surface area contributed by atoms with E-state index in [1.807, 2.05) is 7.05 Å². The fourth-order valence-electron chi connectivity index (χ4n) is 2.54. The van der Waals surface area contributed by atoms with E-state index in [9.17, 15) is 13.2 Å². The lowest BCUT2D eigenvalue weighted by molar-refractivity contribution is -0.137. The zero-order valence-corrected chi connectivity index (χ0v) is 10.8. The predicted molar refractivity (Wildman–Crippen MR) is 66.8 cm³/mol. The zero-order valence-electron chi connectivity index (χ0n) is 10.8. The highest BCUT2D eigenvalue weighted by atomic mass is 19.4. The Kier molecular flexibility index (Phi) is 4.47. The molecule has 1 aromatic carbocycles. The first-order valence-electron chi connectivity index (χ1n) is 6.45. The van der Waals surface area contributed by atoms with Crippen LogP contribution in [-0.4, -0.2) is 20.2 Å². The smallest absolute Gasteiger partial charge is 0.373 e. The van der Waals surface area contributed by atoms with Crippen molar-refractivity contribution in [2.24, 2.45) is 5.92 Å². The van der Waals surface area contributed by atoms with Gasteiger partial charge < -0.3 is 10.1 Å². The van der Waals surface area contributed by atoms with Crippen molar-refractivity contribution in [2.45, 2.75) is 25.1 Å². The van der Waals surface area contributed by atoms with Gasteiger partial charge in [0.2, 0.25) is 0 Å². The summed E-state index contributed by atoms with van der Waals surface area (Å²) in [6, 6.07) is 5.32. The van der Waals surface area contributed by atoms with Crippen LogP contribution in [0.25, 0.3) is 0 Å². The lowest BCUT2D eigenvalue weighted by atomic mass is 9.89. The summed E-state index contributed by atoms with van der Waals surface area (Å²) in [6.07, 6.45) is -2.35. The number of halogens is 3. The highest BCUT2D eigenvalue weighted by Crippen LogP contribution is 2.35. The molecule has 0 amide bonds. The van der Waals surface area contributed by atoms with Gasteiger partial charge in [0.05, 0.1) is 11.7 Å². The maximum Gasteiger partial charge on any atom is 0.416 e. The van der Waals surface area contributed by atoms with E-state index in [-0.39, 0.29) is 6.10 Å². The molecule has 1 heterocycles. The van der Waals surface area contributed by atoms with Crippen LogP contribution in [0.15, 0.2) is 24.3 Å². The van der Waals surface area contributed by atoms with Gasteiger partial charge in [-0.05, 0) is 37.6 Å². The Morgan fingerprint density at radius 1 is 1.26 bits per heavy atom. The molecule has 2 nitrogen and oxygen atoms in total. The molecular weight excluding hydrogens is 255 g/mol. The van der Waals surface area contributed by atoms with Crippen LogP contribution >= 0.6 is 0 Å². The number of alkyl halides is 3. The largest absolute Gasteiger partial charge is 0.416 e. The van der Waals surface area contributed by atoms with Gasteiger partial charge in [0.15, 0.2) is 0 Å². The number of benzene rings is 1. The minimum Gasteiger partial charge on any atom is -0.373 e. The Labute approximate surface area is 111 Å². The topological polar surface area (TPSA) is 21.3 Å². The standard InChI is InChI=1S/C14H18F3NO/c1-18-9-11-3-2-8-19-13(11)10-4-6-12(7-5-10)14(15,16)17/h4-7,11,13,18H,2-3,8-9H2,1H3. The Hall–Kier alpha value is -1.07. The van der Waals surface area contributed by atoms with Gasteiger partial charge in [-0.15, -0.1) is 0 Å². The first-order chi connectivity index (χ1) is 9.02. The van der Waals surface area contributed by atoms with Gasteiger partial charge in [-0.25, -0.2) is 0 Å². The number of ether oxygens (including phenoxy) is 1. The Bertz CT molecular complexity index is 400. The molecular formula is C14H18F3NO. The van der Waals surface area contributed by atoms with Crippen molar-refractivity contribution in [3.8, 4) is 0 Å². The summed E-state index contributed by atoms with van der Waals surface area (Å²) >= 11 is 0. The monoisotopic (exact) mass is 273 g/mol. The van der Waals surface area contributed by atoms with Gasteiger partial charge in [0.25, 0.3) is 0 Å². The second kappa shape index (κ2) is 5.92. The summed E-state index contributed by atoms with van der Waals surface area (Å²) in [5, 5.41) is 3.11. The van der Waals surface area contributed by atoms with Gasteiger partial charge in [0.1, 0.15) is 0 Å². The quantitative estimate of drug-likeness (QED) is 0.911. The average Bonchev–Trinajstić information content (AvgIpc) is 2.39. The summed E-state index contributed by atoms with van der Waals surface area (Å²) in [6.45, 7) is 1.48. The van der Waals surface area contributed by atoms with Gasteiger partial charge in [-0.3, -0.25) is 0 Å². The molecule has 1 saturated heterocycles. The van der Waals surface area contributed by atoms with E-state index in [1.165, 1.54) is 12.1 Å². The molecule has 0 radical (unpaired) electrons. The molecule has 2 rings (SSSR count). The highest BCUT2D eigenvalue weighted by molar-refractivity contribution is 5.26. The molecule has 1 aliphatic heterocycles. The van der Waals surface area contributed by atoms with Crippen LogP contribution in [0.2, 0.25) is 0 Å². The minimum absolute atomic E-state index is 0.108. The second-order valence-electron chi connectivity index (χ2n) is 4.87. The minimum atomic E-state index is -4.28. The van der Waals surface area contributed by atoms with Crippen LogP contribution in [-0.2, 0) is 10.9 Å². The summed E-state index contributed by atoms with van der Waals surface area (Å²) in [4.78, 5) is 0. The Balaban J connectivity index is 2.15. The first kappa shape index (κ1) is 14.3. The molecule has 1 fully saturated rings. The van der Waals surface area contributed by atoms with Crippen molar-refractivity contribution in [3.63, 3.8) is 0 Å². The van der Waals surface area contributed by atoms with Gasteiger partial charge in [0, 0.05) is 19.1 Å². The number of nitrogens with one attached hydrogen (secondary N) is 1. The summed E-state index contributed by atoms with van der Waals surface area (Å²) in [5.74, 6) is 0.315. The normalized spacial score (nSPS) is 24.4. The molecule has 0 bridgehead atoms. The average molecular weight is 273 g/mol. The fourth-order valence-corrected chi connectivity index (χ4v) is 2.54. The zero-order chi connectivity index (χ0) is 13.9. The first-order valence-corrected chi connectivity index (χ1v) is 6.45. The summed E-state index contributed by atoms with van der Waals surface area (Å²) in [7, 11) is 1.87. The van der Waals surface area contributed by atoms with E-state index < -0.39 is 11.7 Å². The maximum atomic E-state index is 12.5. The molecule has 0 saturated carbocycles. The molecule has 2 atom stereocenters. The van der Waals surface area contributed by atoms with E-state index in [1.54, 1.807) is 0 Å². The molecule has 1 aliphatic rings. The van der Waals surface area contributed by atoms with E-state index in [2.05, 4.69) is 5.32 Å². The summed E-state index contributed by atoms with van der Waals surface area (Å²) in [5.41, 5.74) is 0.213. The Morgan fingerprint density at radius 2 is 1.95 bits per heavy atom. The molecule has 1 N–H and O–H groups in total. The lowest BCUT2D eigenvalue weighted by Gasteiger charge is -2.32. The maximum absolute atomic E-state index is 12.5. The van der Waals surface area contributed by atoms with Crippen LogP contribution in [0.4, 0.5) is 13.2 Å². The van der Waals surface area contributed by atoms with Crippen molar-refractivity contribution >= 4 is 0 Å². The second-order valence-corrected chi connectivity index (χ2v) is 4.87. The molecule has 2 unspecified atom stereocenters. The molecule has 0 aliphatic carbocycles. The predicted octanol–water partition coefficient (Wildman–Crippen LogP) is 3.39.